The minimum atomic E-state index is -4.54. The van der Waals surface area contributed by atoms with Crippen molar-refractivity contribution in [2.75, 3.05) is 0 Å². The van der Waals surface area contributed by atoms with Gasteiger partial charge in [-0.3, -0.25) is 0 Å². The Morgan fingerprint density at radius 2 is 1.82 bits per heavy atom. The van der Waals surface area contributed by atoms with Crippen LogP contribution in [0.25, 0.3) is 0 Å². The van der Waals surface area contributed by atoms with Crippen molar-refractivity contribution >= 4 is 0 Å². The average molecular weight is 168 g/mol. The molecule has 11 heavy (non-hydrogen) atoms. The normalized spacial score (nSPS) is 17.6. The largest absolute Gasteiger partial charge is 0.414 e. The number of hydrogen-bond acceptors (Lipinski definition) is 1. The van der Waals surface area contributed by atoms with E-state index in [4.69, 9.17) is 5.11 Å². The summed E-state index contributed by atoms with van der Waals surface area (Å²) in [5.74, 6) is -0.935. The molecule has 0 aromatic carbocycles. The van der Waals surface area contributed by atoms with Crippen LogP contribution in [0.5, 0.6) is 0 Å². The standard InChI is InChI=1S/C7H11F3O/c1-4(2)5(3)6(11)7(8,9)10/h5-6,11H,1H2,2-3H3/t5?,6-/m1/s1. The number of halogens is 3. The van der Waals surface area contributed by atoms with E-state index < -0.39 is 18.2 Å². The highest BCUT2D eigenvalue weighted by molar-refractivity contribution is 4.98. The van der Waals surface area contributed by atoms with Crippen molar-refractivity contribution in [3.63, 3.8) is 0 Å². The Balaban J connectivity index is 4.25. The fourth-order valence-electron chi connectivity index (χ4n) is 0.553. The third kappa shape index (κ3) is 2.93. The summed E-state index contributed by atoms with van der Waals surface area (Å²) in [5.41, 5.74) is 0.329. The third-order valence-electron chi connectivity index (χ3n) is 1.59. The molecule has 1 nitrogen and oxygen atoms in total. The molecule has 0 aromatic rings. The van der Waals surface area contributed by atoms with E-state index in [0.717, 1.165) is 0 Å². The summed E-state index contributed by atoms with van der Waals surface area (Å²) in [4.78, 5) is 0. The maximum absolute atomic E-state index is 11.8. The Bertz CT molecular complexity index is 150. The molecule has 4 heteroatoms. The van der Waals surface area contributed by atoms with Crippen molar-refractivity contribution in [3.8, 4) is 0 Å². The second kappa shape index (κ2) is 3.26. The van der Waals surface area contributed by atoms with Gasteiger partial charge in [0.15, 0.2) is 6.10 Å². The van der Waals surface area contributed by atoms with Gasteiger partial charge in [0.05, 0.1) is 0 Å². The lowest BCUT2D eigenvalue weighted by molar-refractivity contribution is -0.213. The van der Waals surface area contributed by atoms with Crippen LogP contribution in [-0.4, -0.2) is 17.4 Å². The Kier molecular flexibility index (Phi) is 3.11. The SMILES string of the molecule is C=C(C)C(C)[C@@H](O)C(F)(F)F. The monoisotopic (exact) mass is 168 g/mol. The maximum Gasteiger partial charge on any atom is 0.414 e. The van der Waals surface area contributed by atoms with Crippen molar-refractivity contribution in [2.24, 2.45) is 5.92 Å². The van der Waals surface area contributed by atoms with Gasteiger partial charge in [-0.2, -0.15) is 13.2 Å². The van der Waals surface area contributed by atoms with E-state index in [9.17, 15) is 13.2 Å². The van der Waals surface area contributed by atoms with Gasteiger partial charge in [0.1, 0.15) is 0 Å². The lowest BCUT2D eigenvalue weighted by atomic mass is 9.97. The quantitative estimate of drug-likeness (QED) is 0.626. The predicted molar refractivity (Wildman–Crippen MR) is 36.0 cm³/mol. The molecular formula is C7H11F3O. The highest BCUT2D eigenvalue weighted by Crippen LogP contribution is 2.28. The van der Waals surface area contributed by atoms with Crippen LogP contribution >= 0.6 is 0 Å². The summed E-state index contributed by atoms with van der Waals surface area (Å²) >= 11 is 0. The molecule has 0 aromatic heterocycles. The van der Waals surface area contributed by atoms with E-state index >= 15 is 0 Å². The van der Waals surface area contributed by atoms with Crippen molar-refractivity contribution in [1.82, 2.24) is 0 Å². The maximum atomic E-state index is 11.8. The van der Waals surface area contributed by atoms with Gasteiger partial charge in [-0.1, -0.05) is 19.1 Å². The van der Waals surface area contributed by atoms with Crippen LogP contribution in [0.4, 0.5) is 13.2 Å². The first kappa shape index (κ1) is 10.5. The highest BCUT2D eigenvalue weighted by Gasteiger charge is 2.41. The van der Waals surface area contributed by atoms with Gasteiger partial charge in [0.25, 0.3) is 0 Å². The number of aliphatic hydroxyl groups excluding tert-OH is 1. The van der Waals surface area contributed by atoms with Crippen LogP contribution in [0.15, 0.2) is 12.2 Å². The summed E-state index contributed by atoms with van der Waals surface area (Å²) in [6.45, 7) is 6.08. The van der Waals surface area contributed by atoms with E-state index in [1.165, 1.54) is 13.8 Å². The summed E-state index contributed by atoms with van der Waals surface area (Å²) in [5, 5.41) is 8.64. The topological polar surface area (TPSA) is 20.2 Å². The van der Waals surface area contributed by atoms with Crippen LogP contribution in [0.1, 0.15) is 13.8 Å². The fraction of sp³-hybridized carbons (Fsp3) is 0.714. The minimum Gasteiger partial charge on any atom is -0.383 e. The molecule has 0 heterocycles. The number of aliphatic hydroxyl groups is 1. The molecule has 0 saturated heterocycles. The lowest BCUT2D eigenvalue weighted by Crippen LogP contribution is -2.34. The zero-order valence-corrected chi connectivity index (χ0v) is 6.44. The van der Waals surface area contributed by atoms with Crippen LogP contribution in [0.2, 0.25) is 0 Å². The van der Waals surface area contributed by atoms with Crippen LogP contribution in [0.3, 0.4) is 0 Å². The van der Waals surface area contributed by atoms with Crippen LogP contribution in [-0.2, 0) is 0 Å². The van der Waals surface area contributed by atoms with Crippen molar-refractivity contribution in [1.29, 1.82) is 0 Å². The molecule has 0 rings (SSSR count). The molecule has 0 fully saturated rings. The van der Waals surface area contributed by atoms with Gasteiger partial charge in [0, 0.05) is 5.92 Å². The first-order chi connectivity index (χ1) is 4.76. The smallest absolute Gasteiger partial charge is 0.383 e. The lowest BCUT2D eigenvalue weighted by Gasteiger charge is -2.21. The molecule has 2 atom stereocenters. The van der Waals surface area contributed by atoms with Crippen molar-refractivity contribution in [2.45, 2.75) is 26.1 Å². The van der Waals surface area contributed by atoms with E-state index in [2.05, 4.69) is 6.58 Å². The van der Waals surface area contributed by atoms with Crippen molar-refractivity contribution < 1.29 is 18.3 Å². The highest BCUT2D eigenvalue weighted by atomic mass is 19.4. The molecule has 1 unspecified atom stereocenters. The molecule has 1 N–H and O–H groups in total. The number of hydrogen-bond donors (Lipinski definition) is 1. The average Bonchev–Trinajstić information content (AvgIpc) is 1.82. The summed E-state index contributed by atoms with van der Waals surface area (Å²) in [6.07, 6.45) is -6.83. The molecule has 0 aliphatic carbocycles. The van der Waals surface area contributed by atoms with Gasteiger partial charge < -0.3 is 5.11 Å². The molecule has 0 bridgehead atoms. The van der Waals surface area contributed by atoms with E-state index in [-0.39, 0.29) is 0 Å². The van der Waals surface area contributed by atoms with Gasteiger partial charge in [-0.15, -0.1) is 0 Å². The zero-order valence-electron chi connectivity index (χ0n) is 6.44. The molecule has 0 spiro atoms. The Hall–Kier alpha value is -0.510. The summed E-state index contributed by atoms with van der Waals surface area (Å²) < 4.78 is 35.3. The van der Waals surface area contributed by atoms with Crippen LogP contribution < -0.4 is 0 Å². The second-order valence-corrected chi connectivity index (χ2v) is 2.62. The Morgan fingerprint density at radius 1 is 1.45 bits per heavy atom. The first-order valence-electron chi connectivity index (χ1n) is 3.17. The fourth-order valence-corrected chi connectivity index (χ4v) is 0.553. The zero-order chi connectivity index (χ0) is 9.23. The molecule has 0 radical (unpaired) electrons. The van der Waals surface area contributed by atoms with E-state index in [1.807, 2.05) is 0 Å². The Labute approximate surface area is 63.5 Å². The predicted octanol–water partition coefficient (Wildman–Crippen LogP) is 2.12. The minimum absolute atomic E-state index is 0.329. The van der Waals surface area contributed by atoms with Gasteiger partial charge >= 0.3 is 6.18 Å². The van der Waals surface area contributed by atoms with Gasteiger partial charge in [-0.25, -0.2) is 0 Å². The molecule has 0 amide bonds. The van der Waals surface area contributed by atoms with Crippen molar-refractivity contribution in [3.05, 3.63) is 12.2 Å². The summed E-state index contributed by atoms with van der Waals surface area (Å²) in [7, 11) is 0. The number of rotatable bonds is 2. The van der Waals surface area contributed by atoms with Crippen LogP contribution in [0, 0.1) is 5.92 Å². The van der Waals surface area contributed by atoms with E-state index in [1.54, 1.807) is 0 Å². The molecule has 66 valence electrons. The molecule has 0 saturated carbocycles. The first-order valence-corrected chi connectivity index (χ1v) is 3.17. The molecule has 0 aliphatic rings. The second-order valence-electron chi connectivity index (χ2n) is 2.62. The number of alkyl halides is 3. The molecule has 0 aliphatic heterocycles. The summed E-state index contributed by atoms with van der Waals surface area (Å²) in [6, 6.07) is 0. The van der Waals surface area contributed by atoms with Gasteiger partial charge in [-0.05, 0) is 6.92 Å². The van der Waals surface area contributed by atoms with Gasteiger partial charge in [0.2, 0.25) is 0 Å². The molecular weight excluding hydrogens is 157 g/mol. The third-order valence-corrected chi connectivity index (χ3v) is 1.59. The van der Waals surface area contributed by atoms with E-state index in [0.29, 0.717) is 5.57 Å². The Morgan fingerprint density at radius 3 is 1.91 bits per heavy atom.